The highest BCUT2D eigenvalue weighted by Gasteiger charge is 2.14. The number of H-pyrrole nitrogens is 1. The van der Waals surface area contributed by atoms with E-state index >= 15 is 0 Å². The number of benzene rings is 1. The van der Waals surface area contributed by atoms with Gasteiger partial charge in [0.25, 0.3) is 0 Å². The van der Waals surface area contributed by atoms with E-state index in [9.17, 15) is 0 Å². The predicted molar refractivity (Wildman–Crippen MR) is 61.4 cm³/mol. The van der Waals surface area contributed by atoms with Crippen LogP contribution in [0.2, 0.25) is 0 Å². The Hall–Kier alpha value is -1.72. The largest absolute Gasteiger partial charge is 0.271 e. The molecule has 0 saturated heterocycles. The molecule has 2 rings (SSSR count). The Morgan fingerprint density at radius 2 is 2.38 bits per heavy atom. The third-order valence-corrected chi connectivity index (χ3v) is 2.59. The highest BCUT2D eigenvalue weighted by atomic mass is 15.3. The van der Waals surface area contributed by atoms with Gasteiger partial charge in [0.2, 0.25) is 0 Å². The summed E-state index contributed by atoms with van der Waals surface area (Å²) in [6, 6.07) is 8.15. The molecule has 2 aromatic rings. The number of nitrogens with one attached hydrogen (secondary N) is 2. The fourth-order valence-corrected chi connectivity index (χ4v) is 1.69. The van der Waals surface area contributed by atoms with Crippen molar-refractivity contribution in [1.82, 2.24) is 20.8 Å². The van der Waals surface area contributed by atoms with Crippen LogP contribution in [0.15, 0.2) is 30.5 Å². The van der Waals surface area contributed by atoms with Crippen molar-refractivity contribution in [3.05, 3.63) is 47.3 Å². The van der Waals surface area contributed by atoms with E-state index in [-0.39, 0.29) is 6.04 Å². The zero-order valence-electron chi connectivity index (χ0n) is 9.14. The van der Waals surface area contributed by atoms with Gasteiger partial charge in [-0.2, -0.15) is 15.4 Å². The number of aromatic nitrogens is 3. The fraction of sp³-hybridized carbons (Fsp3) is 0.273. The van der Waals surface area contributed by atoms with Crippen molar-refractivity contribution < 1.29 is 0 Å². The molecular formula is C11H15N5. The molecule has 1 unspecified atom stereocenters. The van der Waals surface area contributed by atoms with Gasteiger partial charge in [-0.15, -0.1) is 0 Å². The van der Waals surface area contributed by atoms with Gasteiger partial charge in [-0.25, -0.2) is 5.43 Å². The van der Waals surface area contributed by atoms with Gasteiger partial charge in [0.05, 0.1) is 12.2 Å². The molecule has 84 valence electrons. The maximum Gasteiger partial charge on any atom is 0.105 e. The van der Waals surface area contributed by atoms with Crippen LogP contribution in [-0.4, -0.2) is 15.4 Å². The second-order valence-electron chi connectivity index (χ2n) is 3.59. The van der Waals surface area contributed by atoms with Gasteiger partial charge in [-0.05, 0) is 17.5 Å². The summed E-state index contributed by atoms with van der Waals surface area (Å²) in [4.78, 5) is 0. The summed E-state index contributed by atoms with van der Waals surface area (Å²) in [7, 11) is 0. The van der Waals surface area contributed by atoms with Gasteiger partial charge in [-0.1, -0.05) is 31.2 Å². The topological polar surface area (TPSA) is 79.6 Å². The molecule has 5 nitrogen and oxygen atoms in total. The molecule has 0 fully saturated rings. The van der Waals surface area contributed by atoms with E-state index in [1.807, 2.05) is 12.1 Å². The highest BCUT2D eigenvalue weighted by molar-refractivity contribution is 5.30. The Bertz CT molecular complexity index is 437. The lowest BCUT2D eigenvalue weighted by molar-refractivity contribution is 0.618. The maximum absolute atomic E-state index is 5.56. The number of nitrogens with two attached hydrogens (primary N) is 1. The molecule has 4 N–H and O–H groups in total. The summed E-state index contributed by atoms with van der Waals surface area (Å²) >= 11 is 0. The molecular weight excluding hydrogens is 202 g/mol. The Morgan fingerprint density at radius 1 is 1.50 bits per heavy atom. The highest BCUT2D eigenvalue weighted by Crippen LogP contribution is 2.19. The molecule has 1 aromatic carbocycles. The third-order valence-electron chi connectivity index (χ3n) is 2.59. The second-order valence-corrected chi connectivity index (χ2v) is 3.59. The van der Waals surface area contributed by atoms with Gasteiger partial charge in [0, 0.05) is 0 Å². The molecule has 0 aliphatic carbocycles. The lowest BCUT2D eigenvalue weighted by Crippen LogP contribution is -2.29. The van der Waals surface area contributed by atoms with E-state index in [1.54, 1.807) is 6.20 Å². The van der Waals surface area contributed by atoms with Crippen LogP contribution in [0.1, 0.15) is 29.8 Å². The zero-order valence-corrected chi connectivity index (χ0v) is 9.14. The Balaban J connectivity index is 2.33. The van der Waals surface area contributed by atoms with Crippen molar-refractivity contribution in [3.8, 4) is 0 Å². The van der Waals surface area contributed by atoms with E-state index < -0.39 is 0 Å². The molecule has 1 aromatic heterocycles. The fourth-order valence-electron chi connectivity index (χ4n) is 1.69. The summed E-state index contributed by atoms with van der Waals surface area (Å²) in [6.45, 7) is 2.13. The van der Waals surface area contributed by atoms with Crippen molar-refractivity contribution in [1.29, 1.82) is 0 Å². The van der Waals surface area contributed by atoms with Gasteiger partial charge >= 0.3 is 0 Å². The molecule has 5 heteroatoms. The number of aromatic amines is 1. The first-order valence-corrected chi connectivity index (χ1v) is 5.25. The molecule has 0 aliphatic rings. The average Bonchev–Trinajstić information content (AvgIpc) is 2.84. The SMILES string of the molecule is CCc1cccc(C(NN)c2cn[nH]n2)c1. The summed E-state index contributed by atoms with van der Waals surface area (Å²) in [5.41, 5.74) is 5.91. The number of hydrogen-bond donors (Lipinski definition) is 3. The van der Waals surface area contributed by atoms with E-state index in [0.717, 1.165) is 17.7 Å². The number of hydrogen-bond acceptors (Lipinski definition) is 4. The van der Waals surface area contributed by atoms with Crippen molar-refractivity contribution in [3.63, 3.8) is 0 Å². The summed E-state index contributed by atoms with van der Waals surface area (Å²) in [6.07, 6.45) is 2.67. The van der Waals surface area contributed by atoms with Gasteiger partial charge in [0.1, 0.15) is 5.69 Å². The molecule has 0 spiro atoms. The smallest absolute Gasteiger partial charge is 0.105 e. The van der Waals surface area contributed by atoms with Crippen LogP contribution in [0, 0.1) is 0 Å². The number of hydrazine groups is 1. The second kappa shape index (κ2) is 4.87. The molecule has 0 bridgehead atoms. The maximum atomic E-state index is 5.56. The normalized spacial score (nSPS) is 12.6. The molecule has 16 heavy (non-hydrogen) atoms. The Morgan fingerprint density at radius 3 is 3.00 bits per heavy atom. The monoisotopic (exact) mass is 217 g/mol. The minimum Gasteiger partial charge on any atom is -0.271 e. The van der Waals surface area contributed by atoms with Crippen LogP contribution in [0.5, 0.6) is 0 Å². The van der Waals surface area contributed by atoms with Crippen LogP contribution < -0.4 is 11.3 Å². The van der Waals surface area contributed by atoms with Gasteiger partial charge in [0.15, 0.2) is 0 Å². The third kappa shape index (κ3) is 2.10. The summed E-state index contributed by atoms with van der Waals surface area (Å²) in [5.74, 6) is 5.56. The van der Waals surface area contributed by atoms with Crippen LogP contribution in [0.4, 0.5) is 0 Å². The predicted octanol–water partition coefficient (Wildman–Crippen LogP) is 0.920. The number of rotatable bonds is 4. The summed E-state index contributed by atoms with van der Waals surface area (Å²) in [5, 5.41) is 10.4. The lowest BCUT2D eigenvalue weighted by atomic mass is 10.0. The van der Waals surface area contributed by atoms with E-state index in [2.05, 4.69) is 39.9 Å². The Kier molecular flexibility index (Phi) is 3.28. The average molecular weight is 217 g/mol. The summed E-state index contributed by atoms with van der Waals surface area (Å²) < 4.78 is 0. The lowest BCUT2D eigenvalue weighted by Gasteiger charge is -2.14. The molecule has 1 heterocycles. The quantitative estimate of drug-likeness (QED) is 0.525. The van der Waals surface area contributed by atoms with Crippen LogP contribution in [0.3, 0.4) is 0 Å². The van der Waals surface area contributed by atoms with E-state index in [4.69, 9.17) is 5.84 Å². The molecule has 0 radical (unpaired) electrons. The first-order chi connectivity index (χ1) is 7.85. The van der Waals surface area contributed by atoms with E-state index in [0.29, 0.717) is 0 Å². The van der Waals surface area contributed by atoms with Crippen LogP contribution in [0.25, 0.3) is 0 Å². The minimum atomic E-state index is -0.120. The number of nitrogens with zero attached hydrogens (tertiary/aromatic N) is 2. The minimum absolute atomic E-state index is 0.120. The van der Waals surface area contributed by atoms with Gasteiger partial charge < -0.3 is 0 Å². The van der Waals surface area contributed by atoms with Gasteiger partial charge in [-0.3, -0.25) is 5.84 Å². The Labute approximate surface area is 94.0 Å². The van der Waals surface area contributed by atoms with Crippen LogP contribution in [-0.2, 0) is 6.42 Å². The zero-order chi connectivity index (χ0) is 11.4. The molecule has 1 atom stereocenters. The molecule has 0 aliphatic heterocycles. The van der Waals surface area contributed by atoms with Crippen LogP contribution >= 0.6 is 0 Å². The van der Waals surface area contributed by atoms with Crippen molar-refractivity contribution >= 4 is 0 Å². The van der Waals surface area contributed by atoms with Crippen molar-refractivity contribution in [2.45, 2.75) is 19.4 Å². The van der Waals surface area contributed by atoms with E-state index in [1.165, 1.54) is 5.56 Å². The molecule has 0 saturated carbocycles. The molecule has 0 amide bonds. The number of aryl methyl sites for hydroxylation is 1. The first-order valence-electron chi connectivity index (χ1n) is 5.25. The standard InChI is InChI=1S/C11H15N5/c1-2-8-4-3-5-9(6-8)11(14-12)10-7-13-16-15-10/h3-7,11,14H,2,12H2,1H3,(H,13,15,16). The van der Waals surface area contributed by atoms with Crippen molar-refractivity contribution in [2.24, 2.45) is 5.84 Å². The first kappa shape index (κ1) is 10.8. The van der Waals surface area contributed by atoms with Crippen molar-refractivity contribution in [2.75, 3.05) is 0 Å².